The van der Waals surface area contributed by atoms with Crippen molar-refractivity contribution in [3.63, 3.8) is 0 Å². The van der Waals surface area contributed by atoms with Crippen LogP contribution in [0.15, 0.2) is 0 Å². The molecular formula is C12H24N2OS. The van der Waals surface area contributed by atoms with Crippen molar-refractivity contribution in [2.75, 3.05) is 18.8 Å². The summed E-state index contributed by atoms with van der Waals surface area (Å²) in [6, 6.07) is 0. The van der Waals surface area contributed by atoms with E-state index >= 15 is 0 Å². The zero-order valence-corrected chi connectivity index (χ0v) is 11.0. The molecule has 0 aromatic rings. The smallest absolute Gasteiger partial charge is 0.220 e. The van der Waals surface area contributed by atoms with Crippen molar-refractivity contribution in [2.45, 2.75) is 44.3 Å². The van der Waals surface area contributed by atoms with Gasteiger partial charge in [0, 0.05) is 18.2 Å². The van der Waals surface area contributed by atoms with Gasteiger partial charge < -0.3 is 11.1 Å². The molecular weight excluding hydrogens is 220 g/mol. The van der Waals surface area contributed by atoms with Crippen LogP contribution in [-0.4, -0.2) is 30.0 Å². The predicted molar refractivity (Wildman–Crippen MR) is 70.6 cm³/mol. The second kappa shape index (κ2) is 7.96. The Labute approximate surface area is 103 Å². The van der Waals surface area contributed by atoms with Gasteiger partial charge in [-0.3, -0.25) is 4.79 Å². The minimum absolute atomic E-state index is 0.170. The molecule has 1 aliphatic heterocycles. The minimum Gasteiger partial charge on any atom is -0.355 e. The zero-order valence-electron chi connectivity index (χ0n) is 10.2. The minimum atomic E-state index is 0.170. The normalized spacial score (nSPS) is 22.8. The van der Waals surface area contributed by atoms with E-state index in [9.17, 15) is 4.79 Å². The maximum Gasteiger partial charge on any atom is 0.220 e. The van der Waals surface area contributed by atoms with Crippen LogP contribution >= 0.6 is 11.8 Å². The molecule has 16 heavy (non-hydrogen) atoms. The lowest BCUT2D eigenvalue weighted by atomic mass is 10.0. The van der Waals surface area contributed by atoms with Crippen LogP contribution in [0.5, 0.6) is 0 Å². The third-order valence-electron chi connectivity index (χ3n) is 3.19. The first-order valence-electron chi connectivity index (χ1n) is 6.34. The van der Waals surface area contributed by atoms with Crippen molar-refractivity contribution in [3.8, 4) is 0 Å². The van der Waals surface area contributed by atoms with Crippen LogP contribution in [0.2, 0.25) is 0 Å². The van der Waals surface area contributed by atoms with E-state index < -0.39 is 0 Å². The highest BCUT2D eigenvalue weighted by Gasteiger charge is 2.16. The SMILES string of the molecule is CCC(CN)CC(=O)NCC1CCCCS1. The van der Waals surface area contributed by atoms with Gasteiger partial charge >= 0.3 is 0 Å². The monoisotopic (exact) mass is 244 g/mol. The molecule has 1 amide bonds. The maximum atomic E-state index is 11.6. The molecule has 2 unspecified atom stereocenters. The lowest BCUT2D eigenvalue weighted by Gasteiger charge is -2.22. The summed E-state index contributed by atoms with van der Waals surface area (Å²) < 4.78 is 0. The van der Waals surface area contributed by atoms with E-state index in [0.717, 1.165) is 13.0 Å². The Morgan fingerprint density at radius 1 is 1.56 bits per heavy atom. The van der Waals surface area contributed by atoms with Crippen molar-refractivity contribution in [3.05, 3.63) is 0 Å². The molecule has 0 spiro atoms. The van der Waals surface area contributed by atoms with E-state index in [1.807, 2.05) is 11.8 Å². The summed E-state index contributed by atoms with van der Waals surface area (Å²) in [5, 5.41) is 3.67. The predicted octanol–water partition coefficient (Wildman–Crippen LogP) is 1.76. The van der Waals surface area contributed by atoms with Crippen LogP contribution in [-0.2, 0) is 4.79 Å². The van der Waals surface area contributed by atoms with Gasteiger partial charge in [0.25, 0.3) is 0 Å². The number of nitrogens with two attached hydrogens (primary N) is 1. The van der Waals surface area contributed by atoms with E-state index in [4.69, 9.17) is 5.73 Å². The number of hydrogen-bond acceptors (Lipinski definition) is 3. The van der Waals surface area contributed by atoms with Crippen molar-refractivity contribution < 1.29 is 4.79 Å². The number of rotatable bonds is 6. The summed E-state index contributed by atoms with van der Waals surface area (Å²) in [6.07, 6.45) is 5.47. The quantitative estimate of drug-likeness (QED) is 0.748. The molecule has 1 aliphatic rings. The molecule has 3 N–H and O–H groups in total. The van der Waals surface area contributed by atoms with E-state index in [1.165, 1.54) is 25.0 Å². The molecule has 0 aromatic carbocycles. The number of carbonyl (C=O) groups excluding carboxylic acids is 1. The number of amides is 1. The van der Waals surface area contributed by atoms with Crippen molar-refractivity contribution in [1.82, 2.24) is 5.32 Å². The Balaban J connectivity index is 2.13. The summed E-state index contributed by atoms with van der Waals surface area (Å²) >= 11 is 2.00. The van der Waals surface area contributed by atoms with Crippen LogP contribution in [0.4, 0.5) is 0 Å². The van der Waals surface area contributed by atoms with Crippen LogP contribution in [0.3, 0.4) is 0 Å². The summed E-state index contributed by atoms with van der Waals surface area (Å²) in [5.74, 6) is 1.77. The van der Waals surface area contributed by atoms with Crippen LogP contribution in [0.1, 0.15) is 39.0 Å². The molecule has 94 valence electrons. The maximum absolute atomic E-state index is 11.6. The number of thioether (sulfide) groups is 1. The molecule has 2 atom stereocenters. The number of carbonyl (C=O) groups is 1. The molecule has 0 aliphatic carbocycles. The van der Waals surface area contributed by atoms with E-state index in [2.05, 4.69) is 12.2 Å². The first kappa shape index (κ1) is 13.8. The largest absolute Gasteiger partial charge is 0.355 e. The molecule has 4 heteroatoms. The Hall–Kier alpha value is -0.220. The van der Waals surface area contributed by atoms with Crippen molar-refractivity contribution in [2.24, 2.45) is 11.7 Å². The van der Waals surface area contributed by atoms with Gasteiger partial charge in [0.1, 0.15) is 0 Å². The van der Waals surface area contributed by atoms with Gasteiger partial charge in [-0.15, -0.1) is 0 Å². The summed E-state index contributed by atoms with van der Waals surface area (Å²) in [6.45, 7) is 3.54. The molecule has 3 nitrogen and oxygen atoms in total. The molecule has 0 radical (unpaired) electrons. The van der Waals surface area contributed by atoms with E-state index in [0.29, 0.717) is 24.1 Å². The topological polar surface area (TPSA) is 55.1 Å². The molecule has 1 heterocycles. The second-order valence-corrected chi connectivity index (χ2v) is 5.92. The van der Waals surface area contributed by atoms with Crippen LogP contribution in [0.25, 0.3) is 0 Å². The first-order chi connectivity index (χ1) is 7.76. The number of nitrogens with one attached hydrogen (secondary N) is 1. The van der Waals surface area contributed by atoms with Gasteiger partial charge in [0.05, 0.1) is 0 Å². The average Bonchev–Trinajstić information content (AvgIpc) is 2.34. The highest BCUT2D eigenvalue weighted by Crippen LogP contribution is 2.24. The Kier molecular flexibility index (Phi) is 6.88. The molecule has 0 aromatic heterocycles. The van der Waals surface area contributed by atoms with Gasteiger partial charge in [-0.2, -0.15) is 11.8 Å². The highest BCUT2D eigenvalue weighted by molar-refractivity contribution is 7.99. The fourth-order valence-electron chi connectivity index (χ4n) is 1.92. The molecule has 0 bridgehead atoms. The van der Waals surface area contributed by atoms with Gasteiger partial charge in [0.2, 0.25) is 5.91 Å². The Morgan fingerprint density at radius 2 is 2.38 bits per heavy atom. The fourth-order valence-corrected chi connectivity index (χ4v) is 3.16. The summed E-state index contributed by atoms with van der Waals surface area (Å²) in [4.78, 5) is 11.6. The van der Waals surface area contributed by atoms with Crippen molar-refractivity contribution >= 4 is 17.7 Å². The standard InChI is InChI=1S/C12H24N2OS/c1-2-10(8-13)7-12(15)14-9-11-5-3-4-6-16-11/h10-11H,2-9,13H2,1H3,(H,14,15). The van der Waals surface area contributed by atoms with Gasteiger partial charge in [0.15, 0.2) is 0 Å². The van der Waals surface area contributed by atoms with Gasteiger partial charge in [-0.25, -0.2) is 0 Å². The highest BCUT2D eigenvalue weighted by atomic mass is 32.2. The van der Waals surface area contributed by atoms with Crippen LogP contribution in [0, 0.1) is 5.92 Å². The lowest BCUT2D eigenvalue weighted by molar-refractivity contribution is -0.121. The fraction of sp³-hybridized carbons (Fsp3) is 0.917. The average molecular weight is 244 g/mol. The van der Waals surface area contributed by atoms with Gasteiger partial charge in [-0.1, -0.05) is 19.8 Å². The first-order valence-corrected chi connectivity index (χ1v) is 7.39. The van der Waals surface area contributed by atoms with Crippen LogP contribution < -0.4 is 11.1 Å². The molecule has 1 rings (SSSR count). The lowest BCUT2D eigenvalue weighted by Crippen LogP contribution is -2.33. The van der Waals surface area contributed by atoms with E-state index in [-0.39, 0.29) is 5.91 Å². The summed E-state index contributed by atoms with van der Waals surface area (Å²) in [5.41, 5.74) is 5.59. The zero-order chi connectivity index (χ0) is 11.8. The second-order valence-electron chi connectivity index (χ2n) is 4.51. The third kappa shape index (κ3) is 5.21. The summed E-state index contributed by atoms with van der Waals surface area (Å²) in [7, 11) is 0. The van der Waals surface area contributed by atoms with E-state index in [1.54, 1.807) is 0 Å². The third-order valence-corrected chi connectivity index (χ3v) is 4.58. The Bertz CT molecular complexity index is 201. The molecule has 1 saturated heterocycles. The molecule has 1 fully saturated rings. The van der Waals surface area contributed by atoms with Crippen molar-refractivity contribution in [1.29, 1.82) is 0 Å². The number of hydrogen-bond donors (Lipinski definition) is 2. The van der Waals surface area contributed by atoms with Gasteiger partial charge in [-0.05, 0) is 31.1 Å². The Morgan fingerprint density at radius 3 is 2.94 bits per heavy atom. The molecule has 0 saturated carbocycles.